The summed E-state index contributed by atoms with van der Waals surface area (Å²) in [7, 11) is 1.36. The van der Waals surface area contributed by atoms with E-state index in [1.807, 2.05) is 5.32 Å². The van der Waals surface area contributed by atoms with E-state index in [0.29, 0.717) is 15.6 Å². The fraction of sp³-hybridized carbons (Fsp3) is 0.214. The van der Waals surface area contributed by atoms with E-state index >= 15 is 0 Å². The molecular formula is C14H14Cl2N2O4. The van der Waals surface area contributed by atoms with Crippen molar-refractivity contribution in [3.05, 3.63) is 39.9 Å². The molecule has 0 heterocycles. The maximum absolute atomic E-state index is 11.6. The number of rotatable bonds is 4. The normalized spacial score (nSPS) is 11.8. The molecule has 3 amide bonds. The summed E-state index contributed by atoms with van der Waals surface area (Å²) in [4.78, 5) is 34.1. The van der Waals surface area contributed by atoms with Gasteiger partial charge in [-0.3, -0.25) is 10.1 Å². The highest BCUT2D eigenvalue weighted by Gasteiger charge is 2.18. The van der Waals surface area contributed by atoms with Crippen molar-refractivity contribution in [1.82, 2.24) is 10.6 Å². The van der Waals surface area contributed by atoms with Gasteiger partial charge in [-0.15, -0.1) is 0 Å². The van der Waals surface area contributed by atoms with Gasteiger partial charge in [0.05, 0.1) is 0 Å². The summed E-state index contributed by atoms with van der Waals surface area (Å²) in [6.07, 6.45) is 1.44. The smallest absolute Gasteiger partial charge is 0.331 e. The van der Waals surface area contributed by atoms with Crippen LogP contribution >= 0.6 is 23.2 Å². The van der Waals surface area contributed by atoms with Gasteiger partial charge in [0, 0.05) is 23.2 Å². The third-order valence-electron chi connectivity index (χ3n) is 2.49. The van der Waals surface area contributed by atoms with Crippen LogP contribution in [0.3, 0.4) is 0 Å². The van der Waals surface area contributed by atoms with Gasteiger partial charge in [0.2, 0.25) is 0 Å². The zero-order valence-corrected chi connectivity index (χ0v) is 13.4. The molecule has 0 aromatic heterocycles. The highest BCUT2D eigenvalue weighted by Crippen LogP contribution is 2.21. The van der Waals surface area contributed by atoms with Gasteiger partial charge in [-0.05, 0) is 30.7 Å². The van der Waals surface area contributed by atoms with Gasteiger partial charge in [-0.25, -0.2) is 9.59 Å². The second-order valence-electron chi connectivity index (χ2n) is 4.15. The van der Waals surface area contributed by atoms with Gasteiger partial charge >= 0.3 is 12.0 Å². The maximum atomic E-state index is 11.6. The second kappa shape index (κ2) is 8.41. The van der Waals surface area contributed by atoms with Crippen molar-refractivity contribution >= 4 is 47.2 Å². The zero-order valence-electron chi connectivity index (χ0n) is 11.9. The Labute approximate surface area is 137 Å². The molecule has 1 aromatic rings. The molecule has 0 aliphatic rings. The first-order valence-corrected chi connectivity index (χ1v) is 6.95. The van der Waals surface area contributed by atoms with E-state index in [1.165, 1.54) is 26.1 Å². The Morgan fingerprint density at radius 2 is 1.95 bits per heavy atom. The lowest BCUT2D eigenvalue weighted by Crippen LogP contribution is -2.43. The summed E-state index contributed by atoms with van der Waals surface area (Å²) in [5.41, 5.74) is 0.575. The van der Waals surface area contributed by atoms with Crippen molar-refractivity contribution < 1.29 is 19.1 Å². The minimum atomic E-state index is -1.12. The van der Waals surface area contributed by atoms with E-state index in [1.54, 1.807) is 12.1 Å². The van der Waals surface area contributed by atoms with Crippen LogP contribution in [0.5, 0.6) is 0 Å². The van der Waals surface area contributed by atoms with Crippen LogP contribution in [-0.4, -0.2) is 31.1 Å². The average molecular weight is 345 g/mol. The lowest BCUT2D eigenvalue weighted by atomic mass is 10.2. The fourth-order valence-corrected chi connectivity index (χ4v) is 1.81. The number of urea groups is 1. The van der Waals surface area contributed by atoms with Crippen molar-refractivity contribution in [3.63, 3.8) is 0 Å². The first-order chi connectivity index (χ1) is 10.3. The number of esters is 1. The molecule has 6 nitrogen and oxygen atoms in total. The van der Waals surface area contributed by atoms with E-state index in [9.17, 15) is 14.4 Å². The standard InChI is InChI=1S/C14H14Cl2N2O4/c1-8(13(20)18-14(21)17-2)22-12(19)6-4-9-3-5-10(15)7-11(9)16/h3-8H,1-2H3,(H2,17,18,20,21)/b6-4+/t8-/m0/s1. The Bertz CT molecular complexity index is 617. The lowest BCUT2D eigenvalue weighted by molar-refractivity contribution is -0.149. The number of amides is 3. The number of ether oxygens (including phenoxy) is 1. The number of hydrogen-bond acceptors (Lipinski definition) is 4. The summed E-state index contributed by atoms with van der Waals surface area (Å²) >= 11 is 11.7. The van der Waals surface area contributed by atoms with Crippen molar-refractivity contribution in [2.45, 2.75) is 13.0 Å². The number of carbonyl (C=O) groups is 3. The van der Waals surface area contributed by atoms with Crippen molar-refractivity contribution in [3.8, 4) is 0 Å². The number of hydrogen-bond donors (Lipinski definition) is 2. The molecule has 1 aromatic carbocycles. The highest BCUT2D eigenvalue weighted by molar-refractivity contribution is 6.35. The third kappa shape index (κ3) is 5.75. The summed E-state index contributed by atoms with van der Waals surface area (Å²) < 4.78 is 4.86. The predicted molar refractivity (Wildman–Crippen MR) is 83.6 cm³/mol. The summed E-state index contributed by atoms with van der Waals surface area (Å²) in [6.45, 7) is 1.35. The van der Waals surface area contributed by atoms with Gasteiger partial charge in [-0.1, -0.05) is 29.3 Å². The number of nitrogens with one attached hydrogen (secondary N) is 2. The third-order valence-corrected chi connectivity index (χ3v) is 3.05. The van der Waals surface area contributed by atoms with E-state index in [0.717, 1.165) is 6.08 Å². The summed E-state index contributed by atoms with van der Waals surface area (Å²) in [6, 6.07) is 4.11. The fourth-order valence-electron chi connectivity index (χ4n) is 1.34. The summed E-state index contributed by atoms with van der Waals surface area (Å²) in [5, 5.41) is 5.06. The molecule has 1 rings (SSSR count). The Morgan fingerprint density at radius 1 is 1.27 bits per heavy atom. The van der Waals surface area contributed by atoms with Gasteiger partial charge in [0.1, 0.15) is 0 Å². The summed E-state index contributed by atoms with van der Waals surface area (Å²) in [5.74, 6) is -1.48. The van der Waals surface area contributed by atoms with Crippen LogP contribution < -0.4 is 10.6 Å². The van der Waals surface area contributed by atoms with Crippen LogP contribution in [0.1, 0.15) is 12.5 Å². The first-order valence-electron chi connectivity index (χ1n) is 6.19. The van der Waals surface area contributed by atoms with Crippen LogP contribution in [-0.2, 0) is 14.3 Å². The lowest BCUT2D eigenvalue weighted by Gasteiger charge is -2.11. The number of benzene rings is 1. The zero-order chi connectivity index (χ0) is 16.7. The van der Waals surface area contributed by atoms with Gasteiger partial charge in [-0.2, -0.15) is 0 Å². The molecule has 1 atom stereocenters. The average Bonchev–Trinajstić information content (AvgIpc) is 2.45. The molecule has 0 spiro atoms. The SMILES string of the molecule is CNC(=O)NC(=O)[C@H](C)OC(=O)/C=C/c1ccc(Cl)cc1Cl. The topological polar surface area (TPSA) is 84.5 Å². The minimum absolute atomic E-state index is 0.377. The molecule has 0 saturated carbocycles. The van der Waals surface area contributed by atoms with Crippen LogP contribution in [0.2, 0.25) is 10.0 Å². The van der Waals surface area contributed by atoms with Crippen molar-refractivity contribution in [2.75, 3.05) is 7.05 Å². The molecule has 0 fully saturated rings. The molecule has 0 bridgehead atoms. The van der Waals surface area contributed by atoms with Crippen LogP contribution in [0.4, 0.5) is 4.79 Å². The largest absolute Gasteiger partial charge is 0.449 e. The van der Waals surface area contributed by atoms with Crippen LogP contribution in [0.15, 0.2) is 24.3 Å². The van der Waals surface area contributed by atoms with Gasteiger partial charge < -0.3 is 10.1 Å². The van der Waals surface area contributed by atoms with E-state index in [-0.39, 0.29) is 0 Å². The molecule has 22 heavy (non-hydrogen) atoms. The van der Waals surface area contributed by atoms with E-state index < -0.39 is 24.0 Å². The molecular weight excluding hydrogens is 331 g/mol. The van der Waals surface area contributed by atoms with Crippen LogP contribution in [0, 0.1) is 0 Å². The Balaban J connectivity index is 2.60. The number of imide groups is 1. The van der Waals surface area contributed by atoms with Crippen LogP contribution in [0.25, 0.3) is 6.08 Å². The predicted octanol–water partition coefficient (Wildman–Crippen LogP) is 2.39. The molecule has 0 unspecified atom stereocenters. The maximum Gasteiger partial charge on any atom is 0.331 e. The first kappa shape index (κ1) is 18.0. The molecule has 2 N–H and O–H groups in total. The van der Waals surface area contributed by atoms with Crippen molar-refractivity contribution in [2.24, 2.45) is 0 Å². The quantitative estimate of drug-likeness (QED) is 0.648. The highest BCUT2D eigenvalue weighted by atomic mass is 35.5. The molecule has 0 saturated heterocycles. The molecule has 118 valence electrons. The number of carbonyl (C=O) groups excluding carboxylic acids is 3. The minimum Gasteiger partial charge on any atom is -0.449 e. The molecule has 8 heteroatoms. The van der Waals surface area contributed by atoms with Gasteiger partial charge in [0.25, 0.3) is 5.91 Å². The molecule has 0 aliphatic carbocycles. The number of halogens is 2. The molecule has 0 radical (unpaired) electrons. The molecule has 0 aliphatic heterocycles. The Hall–Kier alpha value is -2.05. The Morgan fingerprint density at radius 3 is 2.55 bits per heavy atom. The van der Waals surface area contributed by atoms with E-state index in [2.05, 4.69) is 5.32 Å². The van der Waals surface area contributed by atoms with Gasteiger partial charge in [0.15, 0.2) is 6.10 Å². The van der Waals surface area contributed by atoms with E-state index in [4.69, 9.17) is 27.9 Å². The Kier molecular flexibility index (Phi) is 6.88. The second-order valence-corrected chi connectivity index (χ2v) is 4.99. The monoisotopic (exact) mass is 344 g/mol. The van der Waals surface area contributed by atoms with Crippen molar-refractivity contribution in [1.29, 1.82) is 0 Å².